The van der Waals surface area contributed by atoms with E-state index in [-0.39, 0.29) is 24.0 Å². The number of hydrogen-bond acceptors (Lipinski definition) is 18. The number of methoxy groups -OCH3 is 3. The lowest BCUT2D eigenvalue weighted by Crippen LogP contribution is -2.25. The SMILES string of the molecule is COc1ccc(-c2c(C)nn3c(N[C@H](C)C/C(N)=N/O)cc(C)nc23)c(C)c1.COc1ccc(-c2c(C)nn3c(N[C@H](C)CC#N)cc(C)nc23)c(C)c1.COc1ccc(-c2c(C)nn3c(N[C@H](C)Cc4noc(C)n4)cc(C)nc23)c(C)c1. The second kappa shape index (κ2) is 26.0. The van der Waals surface area contributed by atoms with E-state index >= 15 is 0 Å². The molecule has 3 atom stereocenters. The number of ether oxygens (including phenoxy) is 3. The first-order valence-electron chi connectivity index (χ1n) is 27.6. The van der Waals surface area contributed by atoms with Crippen molar-refractivity contribution in [1.82, 2.24) is 53.9 Å². The molecule has 0 radical (unpaired) electrons. The van der Waals surface area contributed by atoms with Crippen LogP contribution in [0.2, 0.25) is 0 Å². The van der Waals surface area contributed by atoms with Gasteiger partial charge in [-0.05, 0) is 153 Å². The number of rotatable bonds is 17. The van der Waals surface area contributed by atoms with E-state index in [9.17, 15) is 0 Å². The first kappa shape index (κ1) is 60.3. The van der Waals surface area contributed by atoms with E-state index in [0.717, 1.165) is 136 Å². The second-order valence-corrected chi connectivity index (χ2v) is 21.2. The number of aromatic nitrogens is 11. The number of nitrogens with two attached hydrogens (primary N) is 1. The van der Waals surface area contributed by atoms with Crippen LogP contribution in [0.5, 0.6) is 17.2 Å². The Labute approximate surface area is 489 Å². The van der Waals surface area contributed by atoms with Crippen LogP contribution in [0, 0.1) is 80.6 Å². The van der Waals surface area contributed by atoms with Crippen LogP contribution in [0.25, 0.3) is 50.3 Å². The third kappa shape index (κ3) is 13.4. The summed E-state index contributed by atoms with van der Waals surface area (Å²) in [6, 6.07) is 26.2. The van der Waals surface area contributed by atoms with Gasteiger partial charge in [-0.3, -0.25) is 0 Å². The highest BCUT2D eigenvalue weighted by atomic mass is 16.5. The van der Waals surface area contributed by atoms with Crippen LogP contribution >= 0.6 is 0 Å². The third-order valence-electron chi connectivity index (χ3n) is 14.1. The highest BCUT2D eigenvalue weighted by Gasteiger charge is 2.23. The van der Waals surface area contributed by atoms with Crippen LogP contribution in [-0.2, 0) is 6.42 Å². The topological polar surface area (TPSA) is 276 Å². The second-order valence-electron chi connectivity index (χ2n) is 21.2. The van der Waals surface area contributed by atoms with Gasteiger partial charge in [0.15, 0.2) is 22.8 Å². The highest BCUT2D eigenvalue weighted by Crippen LogP contribution is 2.37. The van der Waals surface area contributed by atoms with Gasteiger partial charge < -0.3 is 45.6 Å². The van der Waals surface area contributed by atoms with Crippen LogP contribution < -0.4 is 35.9 Å². The molecule has 0 aliphatic rings. The van der Waals surface area contributed by atoms with Gasteiger partial charge in [0.2, 0.25) is 5.89 Å². The molecule has 438 valence electrons. The van der Waals surface area contributed by atoms with Crippen molar-refractivity contribution in [3.05, 3.63) is 135 Å². The standard InChI is InChI=1S/C22H26N6O2.C20H26N6O2.C20H23N5O/c1-12-9-17(29-6)7-8-18(12)21-15(4)26-28-20(11-14(3)24-22(21)28)23-13(2)10-19-25-16(5)30-27-19;1-11-8-15(28-5)6-7-16(11)19-14(4)24-26-18(10-13(3)23-20(19)26)22-12(2)9-17(21)25-27;1-12-10-16(26-5)6-7-17(12)19-15(4)24-25-18(22-13(2)8-9-21)11-14(3)23-20(19)25/h7-9,11,13,23H,10H2,1-6H3;6-8,10,12,22,27H,9H2,1-5H3,(H2,21,25);6-7,10-11,13,22H,8H2,1-5H3/t13-;12-;13-/m111/s1. The molecule has 0 aliphatic heterocycles. The average Bonchev–Trinajstić information content (AvgIpc) is 2.64. The van der Waals surface area contributed by atoms with E-state index < -0.39 is 0 Å². The molecule has 0 saturated carbocycles. The molecule has 0 saturated heterocycles. The third-order valence-corrected chi connectivity index (χ3v) is 14.1. The number of nitriles is 1. The van der Waals surface area contributed by atoms with Gasteiger partial charge in [-0.2, -0.15) is 39.1 Å². The van der Waals surface area contributed by atoms with Gasteiger partial charge in [0.05, 0.1) is 50.9 Å². The number of oxime groups is 1. The molecule has 0 fully saturated rings. The predicted molar refractivity (Wildman–Crippen MR) is 328 cm³/mol. The molecule has 0 bridgehead atoms. The minimum atomic E-state index is -0.0448. The molecule has 7 aromatic heterocycles. The quantitative estimate of drug-likeness (QED) is 0.0245. The Morgan fingerprint density at radius 3 is 1.26 bits per heavy atom. The van der Waals surface area contributed by atoms with Gasteiger partial charge in [-0.25, -0.2) is 15.0 Å². The summed E-state index contributed by atoms with van der Waals surface area (Å²) in [5.41, 5.74) is 23.1. The number of benzene rings is 3. The lowest BCUT2D eigenvalue weighted by atomic mass is 10.0. The van der Waals surface area contributed by atoms with Crippen LogP contribution in [0.15, 0.2) is 82.5 Å². The van der Waals surface area contributed by atoms with Crippen molar-refractivity contribution < 1.29 is 23.9 Å². The Morgan fingerprint density at radius 1 is 0.571 bits per heavy atom. The maximum absolute atomic E-state index is 8.92. The number of fused-ring (bicyclic) bond motifs is 3. The molecule has 0 amide bonds. The molecule has 6 N–H and O–H groups in total. The summed E-state index contributed by atoms with van der Waals surface area (Å²) in [6.07, 6.45) is 1.47. The molecular weight excluding hydrogens is 1060 g/mol. The molecule has 10 aromatic rings. The molecular formula is C62H75N17O5. The maximum Gasteiger partial charge on any atom is 0.223 e. The summed E-state index contributed by atoms with van der Waals surface area (Å²) < 4.78 is 26.6. The Bertz CT molecular complexity index is 4070. The minimum absolute atomic E-state index is 0.0284. The van der Waals surface area contributed by atoms with E-state index in [4.69, 9.17) is 65.2 Å². The molecule has 0 spiro atoms. The Kier molecular flexibility index (Phi) is 18.7. The van der Waals surface area contributed by atoms with E-state index in [0.29, 0.717) is 31.0 Å². The number of nitrogens with one attached hydrogen (secondary N) is 3. The van der Waals surface area contributed by atoms with Crippen LogP contribution in [0.1, 0.15) is 96.2 Å². The first-order chi connectivity index (χ1) is 40.1. The van der Waals surface area contributed by atoms with Gasteiger partial charge >= 0.3 is 0 Å². The number of amidine groups is 1. The van der Waals surface area contributed by atoms with Gasteiger partial charge in [-0.1, -0.05) is 28.5 Å². The number of aryl methyl sites for hydroxylation is 10. The zero-order chi connectivity index (χ0) is 60.7. The summed E-state index contributed by atoms with van der Waals surface area (Å²) in [6.45, 7) is 25.9. The minimum Gasteiger partial charge on any atom is -0.497 e. The van der Waals surface area contributed by atoms with Gasteiger partial charge in [-0.15, -0.1) is 0 Å². The predicted octanol–water partition coefficient (Wildman–Crippen LogP) is 11.4. The Morgan fingerprint density at radius 2 is 0.940 bits per heavy atom. The Balaban J connectivity index is 0.000000165. The largest absolute Gasteiger partial charge is 0.497 e. The number of nitrogens with zero attached hydrogens (tertiary/aromatic N) is 13. The highest BCUT2D eigenvalue weighted by molar-refractivity contribution is 5.86. The molecule has 3 aromatic carbocycles. The van der Waals surface area contributed by atoms with E-state index in [1.165, 1.54) is 0 Å². The van der Waals surface area contributed by atoms with Crippen molar-refractivity contribution in [3.8, 4) is 56.7 Å². The fourth-order valence-corrected chi connectivity index (χ4v) is 10.2. The van der Waals surface area contributed by atoms with Crippen LogP contribution in [0.3, 0.4) is 0 Å². The number of anilines is 3. The first-order valence-corrected chi connectivity index (χ1v) is 27.6. The normalized spacial score (nSPS) is 12.4. The Hall–Kier alpha value is -9.78. The van der Waals surface area contributed by atoms with Gasteiger partial charge in [0, 0.05) is 89.9 Å². The molecule has 7 heterocycles. The summed E-state index contributed by atoms with van der Waals surface area (Å²) >= 11 is 0. The van der Waals surface area contributed by atoms with Crippen molar-refractivity contribution in [3.63, 3.8) is 0 Å². The molecule has 10 rings (SSSR count). The summed E-state index contributed by atoms with van der Waals surface area (Å²) in [7, 11) is 5.00. The average molecular weight is 1140 g/mol. The summed E-state index contributed by atoms with van der Waals surface area (Å²) in [5, 5.41) is 49.2. The van der Waals surface area contributed by atoms with Gasteiger partial charge in [0.1, 0.15) is 40.5 Å². The van der Waals surface area contributed by atoms with Crippen molar-refractivity contribution in [2.45, 2.75) is 127 Å². The smallest absolute Gasteiger partial charge is 0.223 e. The molecule has 22 nitrogen and oxygen atoms in total. The van der Waals surface area contributed by atoms with E-state index in [2.05, 4.69) is 71.1 Å². The maximum atomic E-state index is 8.92. The van der Waals surface area contributed by atoms with Crippen molar-refractivity contribution in [2.75, 3.05) is 37.3 Å². The van der Waals surface area contributed by atoms with E-state index in [1.54, 1.807) is 28.3 Å². The zero-order valence-electron chi connectivity index (χ0n) is 50.8. The van der Waals surface area contributed by atoms with E-state index in [1.807, 2.05) is 136 Å². The lowest BCUT2D eigenvalue weighted by Gasteiger charge is -2.16. The number of hydrogen-bond donors (Lipinski definition) is 5. The lowest BCUT2D eigenvalue weighted by molar-refractivity contribution is 0.316. The van der Waals surface area contributed by atoms with Crippen molar-refractivity contribution in [1.29, 1.82) is 5.26 Å². The van der Waals surface area contributed by atoms with Crippen LogP contribution in [0.4, 0.5) is 17.5 Å². The molecule has 0 unspecified atom stereocenters. The molecule has 0 aliphatic carbocycles. The monoisotopic (exact) mass is 1140 g/mol. The van der Waals surface area contributed by atoms with Crippen molar-refractivity contribution in [2.24, 2.45) is 10.9 Å². The van der Waals surface area contributed by atoms with Crippen molar-refractivity contribution >= 4 is 40.2 Å². The fourth-order valence-electron chi connectivity index (χ4n) is 10.2. The summed E-state index contributed by atoms with van der Waals surface area (Å²) in [5.74, 6) is 6.44. The fraction of sp³-hybridized carbons (Fsp3) is 0.355. The molecule has 22 heteroatoms. The zero-order valence-corrected chi connectivity index (χ0v) is 50.8. The summed E-state index contributed by atoms with van der Waals surface area (Å²) in [4.78, 5) is 18.6. The van der Waals surface area contributed by atoms with Gasteiger partial charge in [0.25, 0.3) is 0 Å². The molecule has 84 heavy (non-hydrogen) atoms. The van der Waals surface area contributed by atoms with Crippen LogP contribution in [-0.4, -0.2) is 104 Å².